The fourth-order valence-corrected chi connectivity index (χ4v) is 2.87. The molecule has 1 aliphatic rings. The van der Waals surface area contributed by atoms with E-state index in [2.05, 4.69) is 49.9 Å². The van der Waals surface area contributed by atoms with Crippen molar-refractivity contribution >= 4 is 0 Å². The molecule has 0 spiro atoms. The first-order valence-electron chi connectivity index (χ1n) is 8.02. The number of hydrogen-bond donors (Lipinski definition) is 0. The normalized spacial score (nSPS) is 17.1. The van der Waals surface area contributed by atoms with Crippen LogP contribution in [0.5, 0.6) is 5.75 Å². The Bertz CT molecular complexity index is 402. The Kier molecular flexibility index (Phi) is 5.47. The first kappa shape index (κ1) is 15.4. The van der Waals surface area contributed by atoms with Gasteiger partial charge >= 0.3 is 0 Å². The number of piperidine rings is 1. The highest BCUT2D eigenvalue weighted by Crippen LogP contribution is 2.30. The van der Waals surface area contributed by atoms with Crippen LogP contribution in [0, 0.1) is 0 Å². The fourth-order valence-electron chi connectivity index (χ4n) is 2.87. The molecule has 1 aromatic rings. The molecule has 2 rings (SSSR count). The molecule has 112 valence electrons. The van der Waals surface area contributed by atoms with E-state index in [9.17, 15) is 0 Å². The van der Waals surface area contributed by atoms with Crippen molar-refractivity contribution in [2.45, 2.75) is 51.9 Å². The van der Waals surface area contributed by atoms with Gasteiger partial charge in [0, 0.05) is 6.54 Å². The van der Waals surface area contributed by atoms with Gasteiger partial charge in [-0.1, -0.05) is 45.4 Å². The highest BCUT2D eigenvalue weighted by atomic mass is 16.5. The van der Waals surface area contributed by atoms with Crippen LogP contribution in [0.1, 0.15) is 52.0 Å². The van der Waals surface area contributed by atoms with Gasteiger partial charge in [-0.25, -0.2) is 0 Å². The fraction of sp³-hybridized carbons (Fsp3) is 0.667. The summed E-state index contributed by atoms with van der Waals surface area (Å²) in [5.74, 6) is 1.05. The SMILES string of the molecule is CC(C)(C)c1ccccc1OCCCN1CCCCC1. The molecule has 2 heteroatoms. The number of ether oxygens (including phenoxy) is 1. The third-order valence-corrected chi connectivity index (χ3v) is 4.02. The smallest absolute Gasteiger partial charge is 0.123 e. The first-order valence-corrected chi connectivity index (χ1v) is 8.02. The Balaban J connectivity index is 1.79. The quantitative estimate of drug-likeness (QED) is 0.745. The Morgan fingerprint density at radius 1 is 1.05 bits per heavy atom. The minimum atomic E-state index is 0.142. The van der Waals surface area contributed by atoms with Crippen molar-refractivity contribution in [1.29, 1.82) is 0 Å². The van der Waals surface area contributed by atoms with E-state index in [1.807, 2.05) is 0 Å². The summed E-state index contributed by atoms with van der Waals surface area (Å²) in [6, 6.07) is 8.44. The van der Waals surface area contributed by atoms with Gasteiger partial charge in [0.05, 0.1) is 6.61 Å². The number of likely N-dealkylation sites (tertiary alicyclic amines) is 1. The highest BCUT2D eigenvalue weighted by Gasteiger charge is 2.18. The highest BCUT2D eigenvalue weighted by molar-refractivity contribution is 5.38. The summed E-state index contributed by atoms with van der Waals surface area (Å²) < 4.78 is 6.03. The van der Waals surface area contributed by atoms with Crippen LogP contribution < -0.4 is 4.74 Å². The summed E-state index contributed by atoms with van der Waals surface area (Å²) in [6.45, 7) is 11.3. The second kappa shape index (κ2) is 7.12. The van der Waals surface area contributed by atoms with Crippen LogP contribution >= 0.6 is 0 Å². The minimum absolute atomic E-state index is 0.142. The number of para-hydroxylation sites is 1. The zero-order chi connectivity index (χ0) is 14.4. The van der Waals surface area contributed by atoms with Crippen LogP contribution in [0.2, 0.25) is 0 Å². The lowest BCUT2D eigenvalue weighted by Gasteiger charge is -2.26. The van der Waals surface area contributed by atoms with Crippen molar-refractivity contribution in [3.05, 3.63) is 29.8 Å². The van der Waals surface area contributed by atoms with Crippen LogP contribution in [0.15, 0.2) is 24.3 Å². The molecule has 0 aliphatic carbocycles. The number of nitrogens with zero attached hydrogens (tertiary/aromatic N) is 1. The summed E-state index contributed by atoms with van der Waals surface area (Å²) in [4.78, 5) is 2.57. The van der Waals surface area contributed by atoms with Crippen molar-refractivity contribution in [2.75, 3.05) is 26.2 Å². The van der Waals surface area contributed by atoms with Gasteiger partial charge < -0.3 is 9.64 Å². The maximum atomic E-state index is 6.03. The molecule has 1 fully saturated rings. The molecule has 0 saturated carbocycles. The van der Waals surface area contributed by atoms with E-state index in [4.69, 9.17) is 4.74 Å². The minimum Gasteiger partial charge on any atom is -0.493 e. The molecule has 1 heterocycles. The van der Waals surface area contributed by atoms with Gasteiger partial charge in [-0.2, -0.15) is 0 Å². The van der Waals surface area contributed by atoms with Crippen molar-refractivity contribution < 1.29 is 4.74 Å². The van der Waals surface area contributed by atoms with E-state index in [0.29, 0.717) is 0 Å². The van der Waals surface area contributed by atoms with Gasteiger partial charge in [0.25, 0.3) is 0 Å². The second-order valence-corrected chi connectivity index (χ2v) is 6.85. The molecule has 0 aromatic heterocycles. The summed E-state index contributed by atoms with van der Waals surface area (Å²) in [5, 5.41) is 0. The van der Waals surface area contributed by atoms with Gasteiger partial charge in [-0.3, -0.25) is 0 Å². The zero-order valence-corrected chi connectivity index (χ0v) is 13.3. The molecule has 2 nitrogen and oxygen atoms in total. The molecular weight excluding hydrogens is 246 g/mol. The average molecular weight is 275 g/mol. The summed E-state index contributed by atoms with van der Waals surface area (Å²) in [7, 11) is 0. The van der Waals surface area contributed by atoms with E-state index in [1.165, 1.54) is 44.5 Å². The van der Waals surface area contributed by atoms with E-state index in [-0.39, 0.29) is 5.41 Å². The third-order valence-electron chi connectivity index (χ3n) is 4.02. The predicted molar refractivity (Wildman–Crippen MR) is 85.5 cm³/mol. The van der Waals surface area contributed by atoms with Gasteiger partial charge in [-0.15, -0.1) is 0 Å². The summed E-state index contributed by atoms with van der Waals surface area (Å²) in [5.41, 5.74) is 1.45. The molecule has 0 N–H and O–H groups in total. The Labute approximate surface area is 124 Å². The predicted octanol–water partition coefficient (Wildman–Crippen LogP) is 4.24. The van der Waals surface area contributed by atoms with Crippen LogP contribution in [0.25, 0.3) is 0 Å². The monoisotopic (exact) mass is 275 g/mol. The molecule has 20 heavy (non-hydrogen) atoms. The van der Waals surface area contributed by atoms with E-state index >= 15 is 0 Å². The molecular formula is C18H29NO. The topological polar surface area (TPSA) is 12.5 Å². The van der Waals surface area contributed by atoms with Crippen molar-refractivity contribution in [3.8, 4) is 5.75 Å². The van der Waals surface area contributed by atoms with E-state index < -0.39 is 0 Å². The van der Waals surface area contributed by atoms with Gasteiger partial charge in [-0.05, 0) is 49.4 Å². The first-order chi connectivity index (χ1) is 9.57. The lowest BCUT2D eigenvalue weighted by atomic mass is 9.86. The molecule has 1 saturated heterocycles. The van der Waals surface area contributed by atoms with Gasteiger partial charge in [0.1, 0.15) is 5.75 Å². The molecule has 0 amide bonds. The zero-order valence-electron chi connectivity index (χ0n) is 13.3. The van der Waals surface area contributed by atoms with Crippen LogP contribution in [0.4, 0.5) is 0 Å². The van der Waals surface area contributed by atoms with Crippen molar-refractivity contribution in [3.63, 3.8) is 0 Å². The summed E-state index contributed by atoms with van der Waals surface area (Å²) in [6.07, 6.45) is 5.27. The Morgan fingerprint density at radius 2 is 1.75 bits per heavy atom. The lowest BCUT2D eigenvalue weighted by molar-refractivity contribution is 0.204. The standard InChI is InChI=1S/C18H29NO/c1-18(2,3)16-10-5-6-11-17(16)20-15-9-14-19-12-7-4-8-13-19/h5-6,10-11H,4,7-9,12-15H2,1-3H3. The largest absolute Gasteiger partial charge is 0.493 e. The molecule has 0 bridgehead atoms. The number of benzene rings is 1. The Hall–Kier alpha value is -1.02. The van der Waals surface area contributed by atoms with Crippen LogP contribution in [0.3, 0.4) is 0 Å². The number of hydrogen-bond acceptors (Lipinski definition) is 2. The van der Waals surface area contributed by atoms with Crippen LogP contribution in [-0.4, -0.2) is 31.1 Å². The molecule has 0 unspecified atom stereocenters. The maximum Gasteiger partial charge on any atom is 0.123 e. The third kappa shape index (κ3) is 4.52. The van der Waals surface area contributed by atoms with Gasteiger partial charge in [0.15, 0.2) is 0 Å². The summed E-state index contributed by atoms with van der Waals surface area (Å²) >= 11 is 0. The average Bonchev–Trinajstić information content (AvgIpc) is 2.44. The molecule has 1 aliphatic heterocycles. The number of rotatable bonds is 5. The van der Waals surface area contributed by atoms with Crippen LogP contribution in [-0.2, 0) is 5.41 Å². The Morgan fingerprint density at radius 3 is 2.45 bits per heavy atom. The molecule has 0 atom stereocenters. The van der Waals surface area contributed by atoms with E-state index in [1.54, 1.807) is 0 Å². The molecule has 0 radical (unpaired) electrons. The molecule has 1 aromatic carbocycles. The van der Waals surface area contributed by atoms with Crippen molar-refractivity contribution in [2.24, 2.45) is 0 Å². The maximum absolute atomic E-state index is 6.03. The van der Waals surface area contributed by atoms with Gasteiger partial charge in [0.2, 0.25) is 0 Å². The lowest BCUT2D eigenvalue weighted by Crippen LogP contribution is -2.31. The van der Waals surface area contributed by atoms with E-state index in [0.717, 1.165) is 18.8 Å². The van der Waals surface area contributed by atoms with Crippen molar-refractivity contribution in [1.82, 2.24) is 4.90 Å². The second-order valence-electron chi connectivity index (χ2n) is 6.85.